The molecule has 0 radical (unpaired) electrons. The molecule has 2 aliphatic rings. The molecular weight excluding hydrogens is 321 g/mol. The molecule has 5 nitrogen and oxygen atoms in total. The second kappa shape index (κ2) is 6.59. The Kier molecular flexibility index (Phi) is 4.29. The van der Waals surface area contributed by atoms with Gasteiger partial charge in [-0.2, -0.15) is 5.10 Å². The van der Waals surface area contributed by atoms with Gasteiger partial charge in [0.05, 0.1) is 18.1 Å². The molecule has 1 saturated carbocycles. The van der Waals surface area contributed by atoms with E-state index in [0.717, 1.165) is 24.8 Å². The number of ether oxygens (including phenoxy) is 1. The molecule has 6 heteroatoms. The average Bonchev–Trinajstić information content (AvgIpc) is 3.33. The summed E-state index contributed by atoms with van der Waals surface area (Å²) < 4.78 is 21.0. The Morgan fingerprint density at radius 2 is 2.12 bits per heavy atom. The quantitative estimate of drug-likeness (QED) is 0.856. The minimum absolute atomic E-state index is 0.0598. The fraction of sp³-hybridized carbons (Fsp3) is 0.474. The number of carbonyl (C=O) groups excluding carboxylic acids is 1. The first-order valence-corrected chi connectivity index (χ1v) is 8.82. The number of carbonyl (C=O) groups is 1. The summed E-state index contributed by atoms with van der Waals surface area (Å²) in [4.78, 5) is 15.2. The number of hydrogen-bond donors (Lipinski definition) is 0. The predicted octanol–water partition coefficient (Wildman–Crippen LogP) is 2.37. The molecule has 1 amide bonds. The van der Waals surface area contributed by atoms with E-state index in [1.165, 1.54) is 12.1 Å². The fourth-order valence-electron chi connectivity index (χ4n) is 3.63. The van der Waals surface area contributed by atoms with Crippen molar-refractivity contribution in [2.24, 2.45) is 0 Å². The van der Waals surface area contributed by atoms with Crippen LogP contribution in [0.2, 0.25) is 0 Å². The first-order chi connectivity index (χ1) is 12.2. The van der Waals surface area contributed by atoms with Crippen molar-refractivity contribution in [3.8, 4) is 0 Å². The molecule has 132 valence electrons. The molecule has 1 aliphatic heterocycles. The van der Waals surface area contributed by atoms with E-state index >= 15 is 0 Å². The number of aromatic nitrogens is 2. The highest BCUT2D eigenvalue weighted by Gasteiger charge is 2.53. The van der Waals surface area contributed by atoms with Crippen molar-refractivity contribution in [2.45, 2.75) is 37.3 Å². The molecule has 2 fully saturated rings. The maximum atomic E-state index is 13.2. The van der Waals surface area contributed by atoms with E-state index in [0.29, 0.717) is 26.2 Å². The maximum absolute atomic E-state index is 13.2. The summed E-state index contributed by atoms with van der Waals surface area (Å²) in [5.41, 5.74) is 0.460. The van der Waals surface area contributed by atoms with Crippen molar-refractivity contribution < 1.29 is 13.9 Å². The monoisotopic (exact) mass is 343 g/mol. The van der Waals surface area contributed by atoms with Gasteiger partial charge >= 0.3 is 0 Å². The van der Waals surface area contributed by atoms with Crippen LogP contribution < -0.4 is 0 Å². The summed E-state index contributed by atoms with van der Waals surface area (Å²) in [5.74, 6) is -0.121. The summed E-state index contributed by atoms with van der Waals surface area (Å²) in [7, 11) is 0. The van der Waals surface area contributed by atoms with E-state index in [1.807, 2.05) is 21.8 Å². The molecule has 2 aromatic rings. The minimum atomic E-state index is -0.464. The topological polar surface area (TPSA) is 47.4 Å². The van der Waals surface area contributed by atoms with Crippen LogP contribution in [-0.2, 0) is 21.5 Å². The molecule has 1 unspecified atom stereocenters. The molecule has 1 atom stereocenters. The van der Waals surface area contributed by atoms with Crippen LogP contribution in [-0.4, -0.2) is 46.4 Å². The zero-order valence-corrected chi connectivity index (χ0v) is 14.1. The number of hydrogen-bond acceptors (Lipinski definition) is 3. The average molecular weight is 343 g/mol. The standard InChI is InChI=1S/C19H22FN3O2/c20-16-5-3-15(4-6-16)19(7-8-19)18(24)22-10-2-12-25-17(13-22)14-23-11-1-9-21-23/h1,3-6,9,11,17H,2,7-8,10,12-14H2. The Labute approximate surface area is 146 Å². The fourth-order valence-corrected chi connectivity index (χ4v) is 3.63. The highest BCUT2D eigenvalue weighted by Crippen LogP contribution is 2.49. The molecule has 0 spiro atoms. The van der Waals surface area contributed by atoms with Gasteiger partial charge in [0, 0.05) is 32.1 Å². The summed E-state index contributed by atoms with van der Waals surface area (Å²) in [6.07, 6.45) is 6.09. The smallest absolute Gasteiger partial charge is 0.233 e. The third-order valence-corrected chi connectivity index (χ3v) is 5.14. The Morgan fingerprint density at radius 1 is 1.32 bits per heavy atom. The summed E-state index contributed by atoms with van der Waals surface area (Å²) in [5, 5.41) is 4.23. The van der Waals surface area contributed by atoms with E-state index in [-0.39, 0.29) is 17.8 Å². The normalized spacial score (nSPS) is 22.4. The second-order valence-electron chi connectivity index (χ2n) is 6.91. The molecule has 0 N–H and O–H groups in total. The van der Waals surface area contributed by atoms with Crippen molar-refractivity contribution in [3.05, 3.63) is 54.1 Å². The SMILES string of the molecule is O=C(N1CCCOC(Cn2cccn2)C1)C1(c2ccc(F)cc2)CC1. The zero-order valence-electron chi connectivity index (χ0n) is 14.1. The maximum Gasteiger partial charge on any atom is 0.233 e. The van der Waals surface area contributed by atoms with Crippen LogP contribution in [0, 0.1) is 5.82 Å². The van der Waals surface area contributed by atoms with Crippen molar-refractivity contribution in [1.82, 2.24) is 14.7 Å². The van der Waals surface area contributed by atoms with Gasteiger partial charge in [-0.05, 0) is 43.0 Å². The van der Waals surface area contributed by atoms with Crippen LogP contribution >= 0.6 is 0 Å². The highest BCUT2D eigenvalue weighted by atomic mass is 19.1. The molecule has 25 heavy (non-hydrogen) atoms. The van der Waals surface area contributed by atoms with Crippen molar-refractivity contribution >= 4 is 5.91 Å². The number of rotatable bonds is 4. The second-order valence-corrected chi connectivity index (χ2v) is 6.91. The Hall–Kier alpha value is -2.21. The van der Waals surface area contributed by atoms with E-state index in [2.05, 4.69) is 5.10 Å². The molecule has 2 heterocycles. The Morgan fingerprint density at radius 3 is 2.80 bits per heavy atom. The first kappa shape index (κ1) is 16.3. The van der Waals surface area contributed by atoms with Gasteiger partial charge in [0.2, 0.25) is 5.91 Å². The lowest BCUT2D eigenvalue weighted by Crippen LogP contribution is -2.43. The molecule has 1 aromatic heterocycles. The number of halogens is 1. The third-order valence-electron chi connectivity index (χ3n) is 5.14. The van der Waals surface area contributed by atoms with Crippen LogP contribution in [0.1, 0.15) is 24.8 Å². The number of amides is 1. The van der Waals surface area contributed by atoms with Gasteiger partial charge in [-0.25, -0.2) is 4.39 Å². The molecule has 1 aliphatic carbocycles. The summed E-state index contributed by atoms with van der Waals surface area (Å²) >= 11 is 0. The highest BCUT2D eigenvalue weighted by molar-refractivity contribution is 5.91. The lowest BCUT2D eigenvalue weighted by atomic mass is 9.94. The Balaban J connectivity index is 1.49. The van der Waals surface area contributed by atoms with Crippen LogP contribution in [0.25, 0.3) is 0 Å². The van der Waals surface area contributed by atoms with E-state index in [9.17, 15) is 9.18 Å². The number of benzene rings is 1. The third kappa shape index (κ3) is 3.31. The van der Waals surface area contributed by atoms with Crippen LogP contribution in [0.3, 0.4) is 0 Å². The van der Waals surface area contributed by atoms with Gasteiger partial charge in [-0.1, -0.05) is 12.1 Å². The van der Waals surface area contributed by atoms with Gasteiger partial charge in [-0.15, -0.1) is 0 Å². The van der Waals surface area contributed by atoms with Crippen molar-refractivity contribution in [3.63, 3.8) is 0 Å². The number of nitrogens with zero attached hydrogens (tertiary/aromatic N) is 3. The van der Waals surface area contributed by atoms with Gasteiger partial charge in [0.25, 0.3) is 0 Å². The van der Waals surface area contributed by atoms with Gasteiger partial charge in [-0.3, -0.25) is 9.48 Å². The lowest BCUT2D eigenvalue weighted by Gasteiger charge is -2.28. The molecule has 4 rings (SSSR count). The minimum Gasteiger partial charge on any atom is -0.374 e. The van der Waals surface area contributed by atoms with Crippen LogP contribution in [0.5, 0.6) is 0 Å². The predicted molar refractivity (Wildman–Crippen MR) is 90.5 cm³/mol. The van der Waals surface area contributed by atoms with E-state index in [1.54, 1.807) is 18.3 Å². The van der Waals surface area contributed by atoms with Crippen molar-refractivity contribution in [1.29, 1.82) is 0 Å². The van der Waals surface area contributed by atoms with Gasteiger partial charge in [0.1, 0.15) is 5.82 Å². The first-order valence-electron chi connectivity index (χ1n) is 8.82. The molecular formula is C19H22FN3O2. The zero-order chi connectivity index (χ0) is 17.3. The summed E-state index contributed by atoms with van der Waals surface area (Å²) in [6.45, 7) is 2.57. The summed E-state index contributed by atoms with van der Waals surface area (Å²) in [6, 6.07) is 8.25. The lowest BCUT2D eigenvalue weighted by molar-refractivity contribution is -0.134. The molecule has 0 bridgehead atoms. The van der Waals surface area contributed by atoms with Crippen molar-refractivity contribution in [2.75, 3.05) is 19.7 Å². The molecule has 1 aromatic carbocycles. The van der Waals surface area contributed by atoms with E-state index < -0.39 is 5.41 Å². The van der Waals surface area contributed by atoms with Crippen LogP contribution in [0.15, 0.2) is 42.7 Å². The van der Waals surface area contributed by atoms with Crippen LogP contribution in [0.4, 0.5) is 4.39 Å². The van der Waals surface area contributed by atoms with Gasteiger partial charge in [0.15, 0.2) is 0 Å². The molecule has 1 saturated heterocycles. The van der Waals surface area contributed by atoms with Gasteiger partial charge < -0.3 is 9.64 Å². The Bertz CT molecular complexity index is 726. The van der Waals surface area contributed by atoms with E-state index in [4.69, 9.17) is 4.74 Å². The largest absolute Gasteiger partial charge is 0.374 e.